The second kappa shape index (κ2) is 4.54. The minimum Gasteiger partial charge on any atom is -0.330 e. The molecule has 3 heteroatoms. The molecule has 0 saturated heterocycles. The van der Waals surface area contributed by atoms with E-state index in [1.807, 2.05) is 6.20 Å². The number of nitrogens with two attached hydrogens (primary N) is 1. The van der Waals surface area contributed by atoms with Gasteiger partial charge in [-0.25, -0.2) is 0 Å². The monoisotopic (exact) mass is 245 g/mol. The van der Waals surface area contributed by atoms with Crippen LogP contribution in [0.2, 0.25) is 0 Å². The van der Waals surface area contributed by atoms with Crippen molar-refractivity contribution in [2.24, 2.45) is 17.1 Å². The van der Waals surface area contributed by atoms with Crippen molar-refractivity contribution < 1.29 is 0 Å². The molecule has 0 unspecified atom stereocenters. The Bertz CT molecular complexity index is 460. The molecular weight excluding hydrogens is 222 g/mol. The van der Waals surface area contributed by atoms with E-state index in [0.29, 0.717) is 5.41 Å². The van der Waals surface area contributed by atoms with Gasteiger partial charge in [0, 0.05) is 0 Å². The van der Waals surface area contributed by atoms with E-state index < -0.39 is 0 Å². The third-order valence-electron chi connectivity index (χ3n) is 5.02. The van der Waals surface area contributed by atoms with Crippen LogP contribution in [0.1, 0.15) is 50.3 Å². The Balaban J connectivity index is 1.91. The van der Waals surface area contributed by atoms with Gasteiger partial charge in [-0.05, 0) is 68.0 Å². The van der Waals surface area contributed by atoms with Gasteiger partial charge in [0.25, 0.3) is 0 Å². The number of nitrogens with one attached hydrogen (secondary N) is 1. The lowest BCUT2D eigenvalue weighted by atomic mass is 9.59. The average Bonchev–Trinajstić information content (AvgIpc) is 2.79. The summed E-state index contributed by atoms with van der Waals surface area (Å²) in [5.41, 5.74) is 10.3. The van der Waals surface area contributed by atoms with Crippen molar-refractivity contribution in [3.8, 4) is 0 Å². The van der Waals surface area contributed by atoms with E-state index in [-0.39, 0.29) is 0 Å². The van der Waals surface area contributed by atoms with E-state index in [0.717, 1.165) is 25.3 Å². The summed E-state index contributed by atoms with van der Waals surface area (Å²) in [5, 5.41) is 7.31. The molecule has 18 heavy (non-hydrogen) atoms. The Kier molecular flexibility index (Phi) is 3.02. The van der Waals surface area contributed by atoms with Crippen molar-refractivity contribution in [3.05, 3.63) is 23.0 Å². The molecular formula is C15H23N3. The molecule has 3 nitrogen and oxygen atoms in total. The largest absolute Gasteiger partial charge is 0.330 e. The number of fused-ring (bicyclic) bond motifs is 2. The number of hydrogen-bond donors (Lipinski definition) is 2. The number of H-pyrrole nitrogens is 1. The maximum absolute atomic E-state index is 5.69. The summed E-state index contributed by atoms with van der Waals surface area (Å²) in [6, 6.07) is 0. The minimum atomic E-state index is 0.351. The van der Waals surface area contributed by atoms with Gasteiger partial charge in [0.05, 0.1) is 11.9 Å². The topological polar surface area (TPSA) is 54.7 Å². The lowest BCUT2D eigenvalue weighted by Crippen LogP contribution is -2.37. The SMILES string of the molecule is C[C@]12Cc3cn[nH]c3C=C1CCC[C@@H]2CCCN. The summed E-state index contributed by atoms with van der Waals surface area (Å²) >= 11 is 0. The molecule has 1 aromatic heterocycles. The minimum absolute atomic E-state index is 0.351. The van der Waals surface area contributed by atoms with Gasteiger partial charge in [0.1, 0.15) is 0 Å². The molecule has 98 valence electrons. The standard InChI is InChI=1S/C15H23N3/c1-15-9-11-10-17-18-14(11)8-13(15)5-2-4-12(15)6-3-7-16/h8,10,12H,2-7,9,16H2,1H3,(H,17,18)/t12-,15-/m1/s1. The molecule has 2 aliphatic rings. The third-order valence-corrected chi connectivity index (χ3v) is 5.02. The summed E-state index contributed by atoms with van der Waals surface area (Å²) in [5.74, 6) is 0.795. The molecule has 1 saturated carbocycles. The van der Waals surface area contributed by atoms with E-state index in [2.05, 4.69) is 23.2 Å². The quantitative estimate of drug-likeness (QED) is 0.860. The molecule has 0 bridgehead atoms. The van der Waals surface area contributed by atoms with Crippen LogP contribution in [-0.2, 0) is 6.42 Å². The molecule has 1 heterocycles. The van der Waals surface area contributed by atoms with Crippen molar-refractivity contribution in [2.75, 3.05) is 6.54 Å². The summed E-state index contributed by atoms with van der Waals surface area (Å²) < 4.78 is 0. The molecule has 2 atom stereocenters. The Labute approximate surface area is 109 Å². The van der Waals surface area contributed by atoms with E-state index in [1.165, 1.54) is 36.9 Å². The molecule has 1 aromatic rings. The summed E-state index contributed by atoms with van der Waals surface area (Å²) in [4.78, 5) is 0. The first-order valence-electron chi connectivity index (χ1n) is 7.17. The van der Waals surface area contributed by atoms with Gasteiger partial charge in [0.15, 0.2) is 0 Å². The van der Waals surface area contributed by atoms with E-state index in [1.54, 1.807) is 5.57 Å². The highest BCUT2D eigenvalue weighted by Crippen LogP contribution is 2.51. The second-order valence-electron chi connectivity index (χ2n) is 6.09. The van der Waals surface area contributed by atoms with Crippen molar-refractivity contribution in [1.29, 1.82) is 0 Å². The van der Waals surface area contributed by atoms with Crippen LogP contribution in [0.25, 0.3) is 6.08 Å². The van der Waals surface area contributed by atoms with Crippen molar-refractivity contribution >= 4 is 6.08 Å². The number of allylic oxidation sites excluding steroid dienone is 1. The molecule has 0 amide bonds. The third kappa shape index (κ3) is 1.81. The average molecular weight is 245 g/mol. The fourth-order valence-corrected chi connectivity index (χ4v) is 3.88. The molecule has 3 N–H and O–H groups in total. The van der Waals surface area contributed by atoms with Gasteiger partial charge in [-0.2, -0.15) is 5.10 Å². The number of rotatable bonds is 3. The highest BCUT2D eigenvalue weighted by Gasteiger charge is 2.42. The molecule has 2 aliphatic carbocycles. The van der Waals surface area contributed by atoms with Crippen LogP contribution in [0.4, 0.5) is 0 Å². The smallest absolute Gasteiger partial charge is 0.0609 e. The summed E-state index contributed by atoms with van der Waals surface area (Å²) in [7, 11) is 0. The zero-order valence-electron chi connectivity index (χ0n) is 11.2. The normalized spacial score (nSPS) is 30.6. The Hall–Kier alpha value is -1.09. The Morgan fingerprint density at radius 1 is 1.56 bits per heavy atom. The van der Waals surface area contributed by atoms with Gasteiger partial charge < -0.3 is 5.73 Å². The lowest BCUT2D eigenvalue weighted by molar-refractivity contribution is 0.168. The van der Waals surface area contributed by atoms with E-state index in [4.69, 9.17) is 5.73 Å². The van der Waals surface area contributed by atoms with Crippen LogP contribution in [0, 0.1) is 11.3 Å². The predicted octanol–water partition coefficient (Wildman–Crippen LogP) is 2.89. The van der Waals surface area contributed by atoms with Gasteiger partial charge in [-0.1, -0.05) is 12.5 Å². The molecule has 0 aliphatic heterocycles. The van der Waals surface area contributed by atoms with Crippen LogP contribution >= 0.6 is 0 Å². The van der Waals surface area contributed by atoms with Crippen molar-refractivity contribution in [3.63, 3.8) is 0 Å². The van der Waals surface area contributed by atoms with E-state index in [9.17, 15) is 0 Å². The zero-order valence-corrected chi connectivity index (χ0v) is 11.2. The molecule has 1 fully saturated rings. The highest BCUT2D eigenvalue weighted by molar-refractivity contribution is 5.58. The number of nitrogens with zero attached hydrogens (tertiary/aromatic N) is 1. The first-order valence-corrected chi connectivity index (χ1v) is 7.17. The lowest BCUT2D eigenvalue weighted by Gasteiger charge is -2.46. The first kappa shape index (κ1) is 12.0. The van der Waals surface area contributed by atoms with Crippen molar-refractivity contribution in [2.45, 2.75) is 45.4 Å². The fraction of sp³-hybridized carbons (Fsp3) is 0.667. The predicted molar refractivity (Wildman–Crippen MR) is 74.0 cm³/mol. The van der Waals surface area contributed by atoms with Gasteiger partial charge in [-0.3, -0.25) is 5.10 Å². The molecule has 0 spiro atoms. The first-order chi connectivity index (χ1) is 8.74. The van der Waals surface area contributed by atoms with E-state index >= 15 is 0 Å². The molecule has 0 radical (unpaired) electrons. The van der Waals surface area contributed by atoms with Crippen molar-refractivity contribution in [1.82, 2.24) is 10.2 Å². The second-order valence-corrected chi connectivity index (χ2v) is 6.09. The van der Waals surface area contributed by atoms with Crippen LogP contribution in [0.5, 0.6) is 0 Å². The van der Waals surface area contributed by atoms with Crippen LogP contribution < -0.4 is 5.73 Å². The van der Waals surface area contributed by atoms with Crippen LogP contribution in [-0.4, -0.2) is 16.7 Å². The molecule has 0 aromatic carbocycles. The zero-order chi connectivity index (χ0) is 12.6. The maximum Gasteiger partial charge on any atom is 0.0609 e. The number of aromatic nitrogens is 2. The highest BCUT2D eigenvalue weighted by atomic mass is 15.1. The number of aromatic amines is 1. The van der Waals surface area contributed by atoms with Gasteiger partial charge in [0.2, 0.25) is 0 Å². The number of hydrogen-bond acceptors (Lipinski definition) is 2. The molecule has 3 rings (SSSR count). The summed E-state index contributed by atoms with van der Waals surface area (Å²) in [6.07, 6.45) is 11.9. The van der Waals surface area contributed by atoms with Gasteiger partial charge >= 0.3 is 0 Å². The summed E-state index contributed by atoms with van der Waals surface area (Å²) in [6.45, 7) is 3.28. The van der Waals surface area contributed by atoms with Crippen LogP contribution in [0.15, 0.2) is 11.8 Å². The maximum atomic E-state index is 5.69. The fourth-order valence-electron chi connectivity index (χ4n) is 3.88. The Morgan fingerprint density at radius 3 is 3.28 bits per heavy atom. The Morgan fingerprint density at radius 2 is 2.44 bits per heavy atom. The van der Waals surface area contributed by atoms with Crippen LogP contribution in [0.3, 0.4) is 0 Å². The van der Waals surface area contributed by atoms with Gasteiger partial charge in [-0.15, -0.1) is 0 Å².